The summed E-state index contributed by atoms with van der Waals surface area (Å²) in [4.78, 5) is 29.5. The summed E-state index contributed by atoms with van der Waals surface area (Å²) in [6.45, 7) is -0.0996. The maximum absolute atomic E-state index is 14.4. The first kappa shape index (κ1) is 18.9. The normalized spacial score (nSPS) is 11.2. The molecule has 4 aromatic rings. The number of hydrogen-bond acceptors (Lipinski definition) is 4. The molecule has 0 aliphatic carbocycles. The van der Waals surface area contributed by atoms with Crippen LogP contribution in [0.4, 0.5) is 4.39 Å². The van der Waals surface area contributed by atoms with Gasteiger partial charge in [-0.1, -0.05) is 35.9 Å². The average Bonchev–Trinajstić information content (AvgIpc) is 3.06. The highest BCUT2D eigenvalue weighted by atomic mass is 35.5. The molecule has 0 aliphatic heterocycles. The second-order valence-electron chi connectivity index (χ2n) is 6.47. The Bertz CT molecular complexity index is 1320. The fourth-order valence-electron chi connectivity index (χ4n) is 3.09. The van der Waals surface area contributed by atoms with E-state index in [-0.39, 0.29) is 34.3 Å². The van der Waals surface area contributed by atoms with Gasteiger partial charge in [0, 0.05) is 24.7 Å². The highest BCUT2D eigenvalue weighted by Crippen LogP contribution is 2.27. The Morgan fingerprint density at radius 1 is 1.03 bits per heavy atom. The summed E-state index contributed by atoms with van der Waals surface area (Å²) >= 11 is 6.18. The van der Waals surface area contributed by atoms with Crippen LogP contribution in [0, 0.1) is 5.82 Å². The summed E-state index contributed by atoms with van der Waals surface area (Å²) in [7, 11) is 2.87. The predicted octanol–water partition coefficient (Wildman–Crippen LogP) is 3.07. The van der Waals surface area contributed by atoms with Crippen molar-refractivity contribution in [2.45, 2.75) is 6.54 Å². The number of rotatable bonds is 4. The second kappa shape index (κ2) is 7.21. The number of para-hydroxylation sites is 1. The molecular formula is C20H16ClFN4O3. The topological polar surface area (TPSA) is 71.1 Å². The van der Waals surface area contributed by atoms with Gasteiger partial charge in [0.15, 0.2) is 11.2 Å². The lowest BCUT2D eigenvalue weighted by Gasteiger charge is -2.12. The average molecular weight is 415 g/mol. The molecule has 9 heteroatoms. The van der Waals surface area contributed by atoms with Gasteiger partial charge in [-0.05, 0) is 24.3 Å². The number of benzene rings is 2. The number of aromatic nitrogens is 4. The van der Waals surface area contributed by atoms with Gasteiger partial charge in [-0.15, -0.1) is 0 Å². The van der Waals surface area contributed by atoms with Crippen molar-refractivity contribution in [3.8, 4) is 11.8 Å². The largest absolute Gasteiger partial charge is 0.425 e. The van der Waals surface area contributed by atoms with Crippen LogP contribution in [0.5, 0.6) is 11.8 Å². The van der Waals surface area contributed by atoms with Gasteiger partial charge in [-0.2, -0.15) is 4.98 Å². The van der Waals surface area contributed by atoms with E-state index in [1.54, 1.807) is 30.3 Å². The molecule has 29 heavy (non-hydrogen) atoms. The number of ether oxygens (including phenoxy) is 1. The number of fused-ring (bicyclic) bond motifs is 1. The molecule has 4 rings (SSSR count). The van der Waals surface area contributed by atoms with Crippen LogP contribution < -0.4 is 16.0 Å². The van der Waals surface area contributed by atoms with E-state index in [0.717, 1.165) is 4.57 Å². The highest BCUT2D eigenvalue weighted by molar-refractivity contribution is 6.31. The van der Waals surface area contributed by atoms with Crippen LogP contribution in [0.1, 0.15) is 5.56 Å². The zero-order valence-electron chi connectivity index (χ0n) is 15.6. The van der Waals surface area contributed by atoms with Crippen LogP contribution in [-0.4, -0.2) is 18.7 Å². The van der Waals surface area contributed by atoms with Crippen molar-refractivity contribution in [1.82, 2.24) is 18.7 Å². The first-order valence-corrected chi connectivity index (χ1v) is 9.08. The van der Waals surface area contributed by atoms with Gasteiger partial charge in [0.25, 0.3) is 5.56 Å². The van der Waals surface area contributed by atoms with Crippen LogP contribution >= 0.6 is 11.6 Å². The molecule has 0 atom stereocenters. The molecule has 0 bridgehead atoms. The van der Waals surface area contributed by atoms with Crippen LogP contribution in [0.2, 0.25) is 5.02 Å². The molecule has 0 saturated heterocycles. The Hall–Kier alpha value is -3.39. The van der Waals surface area contributed by atoms with Crippen molar-refractivity contribution in [1.29, 1.82) is 0 Å². The standard InChI is InChI=1S/C20H16ClFN4O3/c1-24-17-16(18(27)25(2)20(24)28)26(11-13-14(21)9-6-10-15(13)22)19(23-17)29-12-7-4-3-5-8-12/h3-10H,11H2,1-2H3. The van der Waals surface area contributed by atoms with E-state index in [9.17, 15) is 14.0 Å². The van der Waals surface area contributed by atoms with Crippen molar-refractivity contribution >= 4 is 22.8 Å². The predicted molar refractivity (Wildman–Crippen MR) is 107 cm³/mol. The second-order valence-corrected chi connectivity index (χ2v) is 6.88. The van der Waals surface area contributed by atoms with Crippen molar-refractivity contribution in [3.63, 3.8) is 0 Å². The van der Waals surface area contributed by atoms with Crippen LogP contribution in [0.25, 0.3) is 11.2 Å². The zero-order valence-corrected chi connectivity index (χ0v) is 16.4. The zero-order chi connectivity index (χ0) is 20.7. The van der Waals surface area contributed by atoms with E-state index < -0.39 is 17.1 Å². The molecule has 2 aromatic heterocycles. The van der Waals surface area contributed by atoms with Gasteiger partial charge in [0.05, 0.1) is 6.54 Å². The summed E-state index contributed by atoms with van der Waals surface area (Å²) in [6.07, 6.45) is 0. The van der Waals surface area contributed by atoms with Crippen LogP contribution in [-0.2, 0) is 20.6 Å². The van der Waals surface area contributed by atoms with Crippen molar-refractivity contribution in [2.24, 2.45) is 14.1 Å². The monoisotopic (exact) mass is 414 g/mol. The van der Waals surface area contributed by atoms with E-state index in [4.69, 9.17) is 16.3 Å². The summed E-state index contributed by atoms with van der Waals surface area (Å²) in [5, 5.41) is 0.208. The Morgan fingerprint density at radius 2 is 1.76 bits per heavy atom. The van der Waals surface area contributed by atoms with E-state index in [2.05, 4.69) is 4.98 Å². The Morgan fingerprint density at radius 3 is 2.45 bits per heavy atom. The van der Waals surface area contributed by atoms with Crippen molar-refractivity contribution < 1.29 is 9.13 Å². The molecule has 2 heterocycles. The molecular weight excluding hydrogens is 399 g/mol. The molecule has 0 N–H and O–H groups in total. The summed E-state index contributed by atoms with van der Waals surface area (Å²) in [6, 6.07) is 13.2. The van der Waals surface area contributed by atoms with Gasteiger partial charge in [-0.3, -0.25) is 18.5 Å². The van der Waals surface area contributed by atoms with Gasteiger partial charge >= 0.3 is 11.7 Å². The lowest BCUT2D eigenvalue weighted by atomic mass is 10.2. The number of nitrogens with zero attached hydrogens (tertiary/aromatic N) is 4. The number of aryl methyl sites for hydroxylation is 1. The fraction of sp³-hybridized carbons (Fsp3) is 0.150. The molecule has 7 nitrogen and oxygen atoms in total. The third kappa shape index (κ3) is 3.21. The molecule has 0 fully saturated rings. The van der Waals surface area contributed by atoms with Crippen molar-refractivity contribution in [3.05, 3.63) is 85.8 Å². The van der Waals surface area contributed by atoms with Gasteiger partial charge in [0.2, 0.25) is 0 Å². The SMILES string of the molecule is Cn1c(=O)c2c(nc(Oc3ccccc3)n2Cc2c(F)cccc2Cl)n(C)c1=O. The Balaban J connectivity index is 2.00. The molecule has 0 saturated carbocycles. The minimum absolute atomic E-state index is 0.0452. The van der Waals surface area contributed by atoms with E-state index in [1.807, 2.05) is 6.07 Å². The van der Waals surface area contributed by atoms with Gasteiger partial charge < -0.3 is 4.74 Å². The third-order valence-corrected chi connectivity index (χ3v) is 5.00. The molecule has 0 unspecified atom stereocenters. The highest BCUT2D eigenvalue weighted by Gasteiger charge is 2.22. The number of halogens is 2. The quantitative estimate of drug-likeness (QED) is 0.514. The molecule has 0 spiro atoms. The Kier molecular flexibility index (Phi) is 4.71. The first-order valence-electron chi connectivity index (χ1n) is 8.70. The fourth-order valence-corrected chi connectivity index (χ4v) is 3.31. The Labute approximate surface area is 169 Å². The van der Waals surface area contributed by atoms with Crippen LogP contribution in [0.15, 0.2) is 58.1 Å². The minimum atomic E-state index is -0.564. The number of imidazole rings is 1. The molecule has 0 radical (unpaired) electrons. The summed E-state index contributed by atoms with van der Waals surface area (Å²) in [5.74, 6) is -0.0443. The van der Waals surface area contributed by atoms with Gasteiger partial charge in [-0.25, -0.2) is 9.18 Å². The summed E-state index contributed by atoms with van der Waals surface area (Å²) in [5.41, 5.74) is -0.660. The van der Waals surface area contributed by atoms with E-state index in [0.29, 0.717) is 5.75 Å². The maximum Gasteiger partial charge on any atom is 0.332 e. The lowest BCUT2D eigenvalue weighted by Crippen LogP contribution is -2.37. The van der Waals surface area contributed by atoms with Crippen molar-refractivity contribution in [2.75, 3.05) is 0 Å². The molecule has 0 aliphatic rings. The summed E-state index contributed by atoms with van der Waals surface area (Å²) < 4.78 is 23.9. The molecule has 148 valence electrons. The lowest BCUT2D eigenvalue weighted by molar-refractivity contribution is 0.419. The smallest absolute Gasteiger partial charge is 0.332 e. The third-order valence-electron chi connectivity index (χ3n) is 4.64. The van der Waals surface area contributed by atoms with Gasteiger partial charge in [0.1, 0.15) is 11.6 Å². The molecule has 0 amide bonds. The van der Waals surface area contributed by atoms with E-state index in [1.165, 1.54) is 35.4 Å². The minimum Gasteiger partial charge on any atom is -0.425 e. The number of hydrogen-bond donors (Lipinski definition) is 0. The van der Waals surface area contributed by atoms with E-state index >= 15 is 0 Å². The van der Waals surface area contributed by atoms with Crippen LogP contribution in [0.3, 0.4) is 0 Å². The first-order chi connectivity index (χ1) is 13.9. The maximum atomic E-state index is 14.4. The molecule has 2 aromatic carbocycles.